The molecule has 0 aliphatic heterocycles. The number of rotatable bonds is 8. The number of pyridine rings is 1. The van der Waals surface area contributed by atoms with Crippen molar-refractivity contribution in [2.45, 2.75) is 24.3 Å². The van der Waals surface area contributed by atoms with Crippen LogP contribution in [-0.4, -0.2) is 26.4 Å². The first-order valence-electron chi connectivity index (χ1n) is 10.6. The van der Waals surface area contributed by atoms with Crippen LogP contribution in [0.2, 0.25) is 0 Å². The van der Waals surface area contributed by atoms with Crippen molar-refractivity contribution in [1.29, 1.82) is 0 Å². The highest BCUT2D eigenvalue weighted by atomic mass is 32.2. The molecular weight excluding hydrogens is 490 g/mol. The molecule has 1 atom stereocenters. The van der Waals surface area contributed by atoms with E-state index in [1.165, 1.54) is 24.0 Å². The van der Waals surface area contributed by atoms with Crippen molar-refractivity contribution in [2.24, 2.45) is 0 Å². The summed E-state index contributed by atoms with van der Waals surface area (Å²) in [5.74, 6) is -2.71. The van der Waals surface area contributed by atoms with Gasteiger partial charge in [-0.15, -0.1) is 0 Å². The second-order valence-corrected chi connectivity index (χ2v) is 9.52. The second-order valence-electron chi connectivity index (χ2n) is 7.49. The fourth-order valence-corrected chi connectivity index (χ4v) is 4.51. The van der Waals surface area contributed by atoms with Crippen LogP contribution in [0, 0.1) is 18.6 Å². The molecule has 4 rings (SSSR count). The normalized spacial score (nSPS) is 11.8. The Morgan fingerprint density at radius 2 is 1.77 bits per heavy atom. The molecule has 0 aliphatic rings. The molecule has 0 radical (unpaired) electrons. The van der Waals surface area contributed by atoms with E-state index < -0.39 is 11.6 Å². The van der Waals surface area contributed by atoms with Gasteiger partial charge in [-0.1, -0.05) is 42.1 Å². The molecule has 0 bridgehead atoms. The van der Waals surface area contributed by atoms with Gasteiger partial charge in [0.05, 0.1) is 11.3 Å². The number of hydrogen-bond donors (Lipinski definition) is 1. The maximum Gasteiger partial charge on any atom is 0.228 e. The van der Waals surface area contributed by atoms with Gasteiger partial charge in [0.25, 0.3) is 0 Å². The van der Waals surface area contributed by atoms with Crippen molar-refractivity contribution in [3.05, 3.63) is 89.8 Å². The third-order valence-electron chi connectivity index (χ3n) is 5.12. The molecule has 0 fully saturated rings. The zero-order chi connectivity index (χ0) is 24.9. The lowest BCUT2D eigenvalue weighted by molar-refractivity contribution is 0.322. The smallest absolute Gasteiger partial charge is 0.228 e. The van der Waals surface area contributed by atoms with Gasteiger partial charge in [-0.25, -0.2) is 19.3 Å². The van der Waals surface area contributed by atoms with Gasteiger partial charge in [-0.2, -0.15) is 8.86 Å². The van der Waals surface area contributed by atoms with Crippen LogP contribution in [0.15, 0.2) is 72.1 Å². The molecular formula is C25H22F2N4O2S2. The molecule has 0 aliphatic carbocycles. The van der Waals surface area contributed by atoms with Crippen molar-refractivity contribution in [2.75, 3.05) is 10.7 Å². The number of hydrogen-bond acceptors (Lipinski definition) is 8. The van der Waals surface area contributed by atoms with Crippen LogP contribution >= 0.6 is 23.7 Å². The Kier molecular flexibility index (Phi) is 7.84. The monoisotopic (exact) mass is 512 g/mol. The summed E-state index contributed by atoms with van der Waals surface area (Å²) < 4.78 is 36.6. The van der Waals surface area contributed by atoms with Gasteiger partial charge < -0.3 is 4.74 Å². The van der Waals surface area contributed by atoms with Crippen molar-refractivity contribution in [3.63, 3.8) is 0 Å². The third-order valence-corrected chi connectivity index (χ3v) is 6.67. The summed E-state index contributed by atoms with van der Waals surface area (Å²) in [5, 5.41) is 10.9. The highest BCUT2D eigenvalue weighted by Crippen LogP contribution is 2.40. The second kappa shape index (κ2) is 11.0. The number of nitrogens with zero attached hydrogens (tertiary/aromatic N) is 4. The molecule has 1 N–H and O–H groups in total. The Balaban J connectivity index is 1.63. The molecule has 0 amide bonds. The summed E-state index contributed by atoms with van der Waals surface area (Å²) in [6.07, 6.45) is 4.95. The molecule has 35 heavy (non-hydrogen) atoms. The Hall–Kier alpha value is -3.21. The lowest BCUT2D eigenvalue weighted by atomic mass is 10.1. The molecule has 4 aromatic rings. The van der Waals surface area contributed by atoms with Gasteiger partial charge >= 0.3 is 0 Å². The van der Waals surface area contributed by atoms with E-state index in [4.69, 9.17) is 4.74 Å². The molecule has 10 heteroatoms. The average molecular weight is 513 g/mol. The highest BCUT2D eigenvalue weighted by molar-refractivity contribution is 8.00. The number of thioether (sulfide) groups is 1. The van der Waals surface area contributed by atoms with Crippen LogP contribution in [0.5, 0.6) is 11.6 Å². The fraction of sp³-hybridized carbons (Fsp3) is 0.160. The first kappa shape index (κ1) is 24.9. The summed E-state index contributed by atoms with van der Waals surface area (Å²) in [6, 6.07) is 15.9. The molecule has 0 saturated heterocycles. The summed E-state index contributed by atoms with van der Waals surface area (Å²) in [6.45, 7) is 3.43. The number of benzene rings is 2. The molecule has 0 spiro atoms. The Morgan fingerprint density at radius 1 is 1.00 bits per heavy atom. The lowest BCUT2D eigenvalue weighted by Gasteiger charge is -2.22. The summed E-state index contributed by atoms with van der Waals surface area (Å²) in [7, 11) is 0. The predicted molar refractivity (Wildman–Crippen MR) is 135 cm³/mol. The van der Waals surface area contributed by atoms with E-state index in [2.05, 4.69) is 15.0 Å². The quantitative estimate of drug-likeness (QED) is 0.115. The lowest BCUT2D eigenvalue weighted by Crippen LogP contribution is -2.13. The average Bonchev–Trinajstić information content (AvgIpc) is 2.89. The van der Waals surface area contributed by atoms with Crippen LogP contribution in [0.1, 0.15) is 23.3 Å². The molecule has 180 valence electrons. The van der Waals surface area contributed by atoms with Crippen LogP contribution in [-0.2, 0) is 0 Å². The van der Waals surface area contributed by atoms with E-state index >= 15 is 8.78 Å². The number of ether oxygens (including phenoxy) is 1. The van der Waals surface area contributed by atoms with E-state index in [0.29, 0.717) is 20.9 Å². The Labute approximate surface area is 210 Å². The van der Waals surface area contributed by atoms with E-state index in [1.54, 1.807) is 31.3 Å². The third kappa shape index (κ3) is 5.55. The molecule has 6 nitrogen and oxygen atoms in total. The molecule has 2 aromatic heterocycles. The van der Waals surface area contributed by atoms with Gasteiger partial charge in [0.2, 0.25) is 11.7 Å². The standard InChI is InChI=1S/C25H22F2N4O2S2/c1-15-14-20(31(32)35-16(2)17-8-5-4-6-9-17)21(26)22(27)23(15)33-24-18(10-7-12-28-24)19-11-13-29-25(30-19)34-3/h4-14,16,32H,1-3H3. The van der Waals surface area contributed by atoms with Gasteiger partial charge in [0.1, 0.15) is 5.69 Å². The Morgan fingerprint density at radius 3 is 2.51 bits per heavy atom. The Bertz CT molecular complexity index is 1330. The number of aryl methyl sites for hydroxylation is 1. The highest BCUT2D eigenvalue weighted by Gasteiger charge is 2.24. The SMILES string of the molecule is CSc1nccc(-c2cccnc2Oc2c(C)cc(N(O)SC(C)c3ccccc3)c(F)c2F)n1. The van der Waals surface area contributed by atoms with Crippen molar-refractivity contribution in [3.8, 4) is 22.9 Å². The minimum Gasteiger partial charge on any atom is -0.435 e. The number of anilines is 1. The van der Waals surface area contributed by atoms with Gasteiger partial charge in [-0.3, -0.25) is 5.21 Å². The van der Waals surface area contributed by atoms with Crippen LogP contribution in [0.4, 0.5) is 14.5 Å². The topological polar surface area (TPSA) is 71.4 Å². The maximum atomic E-state index is 15.2. The van der Waals surface area contributed by atoms with E-state index in [9.17, 15) is 5.21 Å². The van der Waals surface area contributed by atoms with Gasteiger partial charge in [0.15, 0.2) is 16.7 Å². The van der Waals surface area contributed by atoms with Gasteiger partial charge in [0, 0.05) is 17.6 Å². The maximum absolute atomic E-state index is 15.2. The van der Waals surface area contributed by atoms with Crippen LogP contribution in [0.3, 0.4) is 0 Å². The van der Waals surface area contributed by atoms with Crippen molar-refractivity contribution < 1.29 is 18.7 Å². The molecule has 0 saturated carbocycles. The van der Waals surface area contributed by atoms with Crippen LogP contribution < -0.4 is 9.21 Å². The number of aromatic nitrogens is 3. The first-order valence-corrected chi connectivity index (χ1v) is 12.6. The van der Waals surface area contributed by atoms with E-state index in [0.717, 1.165) is 17.5 Å². The molecule has 2 aromatic carbocycles. The van der Waals surface area contributed by atoms with Gasteiger partial charge in [-0.05, 0) is 67.4 Å². The molecule has 2 heterocycles. The van der Waals surface area contributed by atoms with Crippen molar-refractivity contribution >= 4 is 29.4 Å². The zero-order valence-electron chi connectivity index (χ0n) is 19.1. The summed E-state index contributed by atoms with van der Waals surface area (Å²) in [4.78, 5) is 12.8. The minimum absolute atomic E-state index is 0.0698. The van der Waals surface area contributed by atoms with Crippen molar-refractivity contribution in [1.82, 2.24) is 15.0 Å². The first-order chi connectivity index (χ1) is 16.9. The van der Waals surface area contributed by atoms with E-state index in [-0.39, 0.29) is 28.1 Å². The number of halogens is 2. The van der Waals surface area contributed by atoms with E-state index in [1.807, 2.05) is 43.5 Å². The van der Waals surface area contributed by atoms with Crippen LogP contribution in [0.25, 0.3) is 11.3 Å². The summed E-state index contributed by atoms with van der Waals surface area (Å²) >= 11 is 2.34. The molecule has 1 unspecified atom stereocenters. The fourth-order valence-electron chi connectivity index (χ4n) is 3.33. The largest absolute Gasteiger partial charge is 0.435 e. The zero-order valence-corrected chi connectivity index (χ0v) is 20.8. The summed E-state index contributed by atoms with van der Waals surface area (Å²) in [5.41, 5.74) is 1.96. The minimum atomic E-state index is -1.23. The predicted octanol–water partition coefficient (Wildman–Crippen LogP) is 7.24.